The maximum Gasteiger partial charge on any atom is 0.159 e. The number of Topliss-reactive ketones (excluding diaryl/α,β-unsaturated/α-hetero) is 1. The molecule has 1 unspecified atom stereocenters. The zero-order valence-electron chi connectivity index (χ0n) is 14.9. The molecule has 0 spiro atoms. The van der Waals surface area contributed by atoms with E-state index in [1.807, 2.05) is 6.92 Å². The standard InChI is InChI=1S/C20H30O3/c1-6-19(4)11-12-13(9-17(19)23)20(5)15(10-14(12)21)18(2,3)8-7-16(20)22/h6,15-17,22-23H,1,7-11H2,2-5H3/t15?,16-,17+,19-,20+/m1/s1. The van der Waals surface area contributed by atoms with Crippen molar-refractivity contribution in [3.8, 4) is 0 Å². The third kappa shape index (κ3) is 2.20. The maximum absolute atomic E-state index is 12.9. The van der Waals surface area contributed by atoms with E-state index in [2.05, 4.69) is 27.4 Å². The van der Waals surface area contributed by atoms with E-state index in [9.17, 15) is 15.0 Å². The van der Waals surface area contributed by atoms with Crippen molar-refractivity contribution < 1.29 is 15.0 Å². The van der Waals surface area contributed by atoms with Crippen LogP contribution in [0.2, 0.25) is 0 Å². The Labute approximate surface area is 139 Å². The zero-order chi connectivity index (χ0) is 17.2. The summed E-state index contributed by atoms with van der Waals surface area (Å²) >= 11 is 0. The molecule has 0 aromatic carbocycles. The second-order valence-electron chi connectivity index (χ2n) is 9.07. The average Bonchev–Trinajstić information content (AvgIpc) is 2.49. The topological polar surface area (TPSA) is 57.5 Å². The minimum atomic E-state index is -0.542. The Balaban J connectivity index is 2.15. The van der Waals surface area contributed by atoms with Gasteiger partial charge in [0.05, 0.1) is 12.2 Å². The molecule has 1 fully saturated rings. The summed E-state index contributed by atoms with van der Waals surface area (Å²) in [6, 6.07) is 0. The fourth-order valence-corrected chi connectivity index (χ4v) is 5.41. The van der Waals surface area contributed by atoms with Gasteiger partial charge in [-0.3, -0.25) is 4.79 Å². The average molecular weight is 318 g/mol. The molecule has 3 aliphatic carbocycles. The lowest BCUT2D eigenvalue weighted by Crippen LogP contribution is -2.56. The van der Waals surface area contributed by atoms with Gasteiger partial charge in [-0.1, -0.05) is 39.3 Å². The smallest absolute Gasteiger partial charge is 0.159 e. The van der Waals surface area contributed by atoms with Gasteiger partial charge in [0.25, 0.3) is 0 Å². The van der Waals surface area contributed by atoms with Crippen molar-refractivity contribution in [2.24, 2.45) is 22.2 Å². The zero-order valence-corrected chi connectivity index (χ0v) is 14.9. The predicted molar refractivity (Wildman–Crippen MR) is 90.8 cm³/mol. The number of allylic oxidation sites excluding steroid dienone is 1. The Morgan fingerprint density at radius 2 is 1.78 bits per heavy atom. The molecule has 5 atom stereocenters. The summed E-state index contributed by atoms with van der Waals surface area (Å²) in [7, 11) is 0. The Morgan fingerprint density at radius 1 is 1.13 bits per heavy atom. The van der Waals surface area contributed by atoms with Gasteiger partial charge in [-0.25, -0.2) is 0 Å². The fraction of sp³-hybridized carbons (Fsp3) is 0.750. The molecule has 3 rings (SSSR count). The van der Waals surface area contributed by atoms with Crippen molar-refractivity contribution in [3.05, 3.63) is 23.8 Å². The lowest BCUT2D eigenvalue weighted by Gasteiger charge is -2.58. The molecule has 3 nitrogen and oxygen atoms in total. The van der Waals surface area contributed by atoms with Crippen LogP contribution in [0.4, 0.5) is 0 Å². The molecule has 0 aromatic rings. The summed E-state index contributed by atoms with van der Waals surface area (Å²) in [4.78, 5) is 12.9. The van der Waals surface area contributed by atoms with Crippen LogP contribution < -0.4 is 0 Å². The first-order valence-electron chi connectivity index (χ1n) is 8.81. The van der Waals surface area contributed by atoms with E-state index in [0.717, 1.165) is 24.0 Å². The predicted octanol–water partition coefficient (Wildman–Crippen LogP) is 3.41. The number of hydrogen-bond acceptors (Lipinski definition) is 3. The van der Waals surface area contributed by atoms with Crippen LogP contribution in [0, 0.1) is 22.2 Å². The number of hydrogen-bond donors (Lipinski definition) is 2. The number of aliphatic hydroxyl groups excluding tert-OH is 2. The molecule has 0 radical (unpaired) electrons. The van der Waals surface area contributed by atoms with Crippen LogP contribution in [0.25, 0.3) is 0 Å². The molecule has 0 saturated heterocycles. The highest BCUT2D eigenvalue weighted by Crippen LogP contribution is 2.62. The van der Waals surface area contributed by atoms with Crippen LogP contribution in [0.3, 0.4) is 0 Å². The summed E-state index contributed by atoms with van der Waals surface area (Å²) in [5.74, 6) is 0.356. The minimum absolute atomic E-state index is 0.0340. The second-order valence-corrected chi connectivity index (χ2v) is 9.07. The van der Waals surface area contributed by atoms with Gasteiger partial charge in [0.2, 0.25) is 0 Å². The summed E-state index contributed by atoms with van der Waals surface area (Å²) in [5, 5.41) is 21.5. The lowest BCUT2D eigenvalue weighted by molar-refractivity contribution is -0.132. The van der Waals surface area contributed by atoms with E-state index in [1.54, 1.807) is 6.08 Å². The molecular weight excluding hydrogens is 288 g/mol. The second kappa shape index (κ2) is 5.03. The van der Waals surface area contributed by atoms with E-state index >= 15 is 0 Å². The maximum atomic E-state index is 12.9. The highest BCUT2D eigenvalue weighted by molar-refractivity contribution is 5.98. The lowest BCUT2D eigenvalue weighted by atomic mass is 9.46. The first-order chi connectivity index (χ1) is 10.6. The Bertz CT molecular complexity index is 588. The molecule has 0 aromatic heterocycles. The Kier molecular flexibility index (Phi) is 3.70. The molecule has 3 aliphatic rings. The van der Waals surface area contributed by atoms with Crippen LogP contribution in [-0.4, -0.2) is 28.2 Å². The number of aliphatic hydroxyl groups is 2. The summed E-state index contributed by atoms with van der Waals surface area (Å²) < 4.78 is 0. The van der Waals surface area contributed by atoms with Crippen molar-refractivity contribution >= 4 is 5.78 Å². The summed E-state index contributed by atoms with van der Waals surface area (Å²) in [6.45, 7) is 12.4. The summed E-state index contributed by atoms with van der Waals surface area (Å²) in [6.07, 6.45) is 4.05. The van der Waals surface area contributed by atoms with Crippen molar-refractivity contribution in [2.45, 2.75) is 72.0 Å². The molecule has 0 amide bonds. The molecular formula is C20H30O3. The van der Waals surface area contributed by atoms with Gasteiger partial charge >= 0.3 is 0 Å². The number of ketones is 1. The van der Waals surface area contributed by atoms with E-state index in [1.165, 1.54) is 0 Å². The largest absolute Gasteiger partial charge is 0.392 e. The Hall–Kier alpha value is -0.930. The van der Waals surface area contributed by atoms with Gasteiger partial charge in [0, 0.05) is 17.3 Å². The van der Waals surface area contributed by atoms with E-state index in [-0.39, 0.29) is 17.1 Å². The van der Waals surface area contributed by atoms with Gasteiger partial charge in [0.1, 0.15) is 0 Å². The van der Waals surface area contributed by atoms with Crippen LogP contribution in [0.1, 0.15) is 59.8 Å². The fourth-order valence-electron chi connectivity index (χ4n) is 5.41. The monoisotopic (exact) mass is 318 g/mol. The molecule has 0 bridgehead atoms. The highest BCUT2D eigenvalue weighted by atomic mass is 16.3. The van der Waals surface area contributed by atoms with Crippen molar-refractivity contribution in [2.75, 3.05) is 0 Å². The SMILES string of the molecule is C=C[C@]1(C)CC2=C(C[C@@H]1O)[C@@]1(C)C(CC2=O)C(C)(C)CC[C@H]1O. The van der Waals surface area contributed by atoms with Crippen LogP contribution in [0.15, 0.2) is 23.8 Å². The van der Waals surface area contributed by atoms with Crippen LogP contribution in [-0.2, 0) is 4.79 Å². The molecule has 0 heterocycles. The molecule has 1 saturated carbocycles. The van der Waals surface area contributed by atoms with Crippen LogP contribution >= 0.6 is 0 Å². The van der Waals surface area contributed by atoms with Crippen molar-refractivity contribution in [1.82, 2.24) is 0 Å². The molecule has 0 aliphatic heterocycles. The third-order valence-corrected chi connectivity index (χ3v) is 7.34. The normalized spacial score (nSPS) is 46.2. The van der Waals surface area contributed by atoms with E-state index in [0.29, 0.717) is 19.3 Å². The van der Waals surface area contributed by atoms with Crippen LogP contribution in [0.5, 0.6) is 0 Å². The Morgan fingerprint density at radius 3 is 2.39 bits per heavy atom. The third-order valence-electron chi connectivity index (χ3n) is 7.34. The molecule has 2 N–H and O–H groups in total. The van der Waals surface area contributed by atoms with Gasteiger partial charge in [-0.2, -0.15) is 0 Å². The quantitative estimate of drug-likeness (QED) is 0.729. The number of rotatable bonds is 1. The van der Waals surface area contributed by atoms with Gasteiger partial charge < -0.3 is 10.2 Å². The molecule has 3 heteroatoms. The first kappa shape index (κ1) is 16.9. The number of carbonyl (C=O) groups is 1. The van der Waals surface area contributed by atoms with Gasteiger partial charge in [-0.15, -0.1) is 6.58 Å². The van der Waals surface area contributed by atoms with Gasteiger partial charge in [-0.05, 0) is 42.6 Å². The molecule has 23 heavy (non-hydrogen) atoms. The van der Waals surface area contributed by atoms with E-state index < -0.39 is 23.0 Å². The van der Waals surface area contributed by atoms with E-state index in [4.69, 9.17) is 0 Å². The first-order valence-corrected chi connectivity index (χ1v) is 8.81. The minimum Gasteiger partial charge on any atom is -0.392 e. The molecule has 128 valence electrons. The number of carbonyl (C=O) groups excluding carboxylic acids is 1. The van der Waals surface area contributed by atoms with Crippen molar-refractivity contribution in [1.29, 1.82) is 0 Å². The summed E-state index contributed by atoms with van der Waals surface area (Å²) in [5.41, 5.74) is 1.06. The van der Waals surface area contributed by atoms with Crippen molar-refractivity contribution in [3.63, 3.8) is 0 Å². The highest BCUT2D eigenvalue weighted by Gasteiger charge is 2.58. The van der Waals surface area contributed by atoms with Gasteiger partial charge in [0.15, 0.2) is 5.78 Å². The number of fused-ring (bicyclic) bond motifs is 2.